The predicted molar refractivity (Wildman–Crippen MR) is 77.1 cm³/mol. The Balaban J connectivity index is 2.19. The molecule has 2 aromatic carbocycles. The maximum atomic E-state index is 13.6. The van der Waals surface area contributed by atoms with Crippen molar-refractivity contribution in [1.29, 1.82) is 0 Å². The SMILES string of the molecule is CC1(C(F)(F)F)CC(c2ccccc2)=Nc2ccccc21. The number of benzene rings is 2. The summed E-state index contributed by atoms with van der Waals surface area (Å²) < 4.78 is 40.9. The Labute approximate surface area is 121 Å². The van der Waals surface area contributed by atoms with Gasteiger partial charge in [0.1, 0.15) is 0 Å². The molecule has 1 atom stereocenters. The number of halogens is 3. The van der Waals surface area contributed by atoms with E-state index in [1.165, 1.54) is 13.0 Å². The van der Waals surface area contributed by atoms with Gasteiger partial charge in [0.15, 0.2) is 0 Å². The van der Waals surface area contributed by atoms with E-state index in [4.69, 9.17) is 0 Å². The van der Waals surface area contributed by atoms with Gasteiger partial charge < -0.3 is 0 Å². The lowest BCUT2D eigenvalue weighted by Crippen LogP contribution is -2.43. The second-order valence-electron chi connectivity index (χ2n) is 5.45. The van der Waals surface area contributed by atoms with E-state index >= 15 is 0 Å². The van der Waals surface area contributed by atoms with Crippen LogP contribution in [0.1, 0.15) is 24.5 Å². The molecule has 0 saturated heterocycles. The summed E-state index contributed by atoms with van der Waals surface area (Å²) in [6.07, 6.45) is -4.46. The van der Waals surface area contributed by atoms with E-state index in [-0.39, 0.29) is 12.0 Å². The van der Waals surface area contributed by atoms with Crippen molar-refractivity contribution in [3.63, 3.8) is 0 Å². The maximum Gasteiger partial charge on any atom is 0.398 e. The number of hydrogen-bond donors (Lipinski definition) is 0. The number of rotatable bonds is 1. The number of para-hydroxylation sites is 1. The fraction of sp³-hybridized carbons (Fsp3) is 0.235. The Kier molecular flexibility index (Phi) is 3.12. The molecule has 21 heavy (non-hydrogen) atoms. The van der Waals surface area contributed by atoms with E-state index in [9.17, 15) is 13.2 Å². The zero-order valence-electron chi connectivity index (χ0n) is 11.5. The monoisotopic (exact) mass is 289 g/mol. The topological polar surface area (TPSA) is 12.4 Å². The number of nitrogens with zero attached hydrogens (tertiary/aromatic N) is 1. The summed E-state index contributed by atoms with van der Waals surface area (Å²) >= 11 is 0. The third kappa shape index (κ3) is 2.24. The molecule has 0 N–H and O–H groups in total. The standard InChI is InChI=1S/C17H14F3N/c1-16(17(18,19)20)11-15(12-7-3-2-4-8-12)21-14-10-6-5-9-13(14)16/h2-10H,11H2,1H3. The Morgan fingerprint density at radius 3 is 2.24 bits per heavy atom. The number of aliphatic imine (C=N–C) groups is 1. The van der Waals surface area contributed by atoms with Crippen LogP contribution in [-0.2, 0) is 5.41 Å². The quantitative estimate of drug-likeness (QED) is 0.698. The van der Waals surface area contributed by atoms with Gasteiger partial charge in [0, 0.05) is 12.1 Å². The lowest BCUT2D eigenvalue weighted by Gasteiger charge is -2.36. The first-order chi connectivity index (χ1) is 9.92. The van der Waals surface area contributed by atoms with Gasteiger partial charge in [0.25, 0.3) is 0 Å². The fourth-order valence-electron chi connectivity index (χ4n) is 2.70. The number of alkyl halides is 3. The smallest absolute Gasteiger partial charge is 0.252 e. The van der Waals surface area contributed by atoms with Crippen LogP contribution in [0.2, 0.25) is 0 Å². The second kappa shape index (κ2) is 4.72. The zero-order valence-corrected chi connectivity index (χ0v) is 11.5. The molecule has 1 aliphatic heterocycles. The minimum absolute atomic E-state index is 0.141. The molecule has 1 heterocycles. The highest BCUT2D eigenvalue weighted by Gasteiger charge is 2.54. The van der Waals surface area contributed by atoms with Crippen molar-refractivity contribution in [2.75, 3.05) is 0 Å². The highest BCUT2D eigenvalue weighted by Crippen LogP contribution is 2.49. The van der Waals surface area contributed by atoms with Crippen molar-refractivity contribution in [2.24, 2.45) is 4.99 Å². The minimum atomic E-state index is -4.32. The number of fused-ring (bicyclic) bond motifs is 1. The molecule has 0 aliphatic carbocycles. The van der Waals surface area contributed by atoms with Crippen LogP contribution in [-0.4, -0.2) is 11.9 Å². The van der Waals surface area contributed by atoms with E-state index in [2.05, 4.69) is 4.99 Å². The molecule has 108 valence electrons. The molecule has 3 rings (SSSR count). The maximum absolute atomic E-state index is 13.6. The highest BCUT2D eigenvalue weighted by molar-refractivity contribution is 6.04. The summed E-state index contributed by atoms with van der Waals surface area (Å²) in [5.74, 6) is 0. The Hall–Kier alpha value is -2.10. The summed E-state index contributed by atoms with van der Waals surface area (Å²) in [6, 6.07) is 15.6. The molecule has 0 fully saturated rings. The van der Waals surface area contributed by atoms with Gasteiger partial charge in [-0.3, -0.25) is 4.99 Å². The molecule has 0 aromatic heterocycles. The lowest BCUT2D eigenvalue weighted by molar-refractivity contribution is -0.183. The molecule has 0 spiro atoms. The molecule has 0 bridgehead atoms. The molecule has 1 unspecified atom stereocenters. The molecule has 0 saturated carbocycles. The van der Waals surface area contributed by atoms with Crippen molar-refractivity contribution in [2.45, 2.75) is 24.9 Å². The van der Waals surface area contributed by atoms with Crippen molar-refractivity contribution in [3.05, 3.63) is 65.7 Å². The van der Waals surface area contributed by atoms with Gasteiger partial charge in [-0.2, -0.15) is 13.2 Å². The molecule has 1 nitrogen and oxygen atoms in total. The molecule has 0 amide bonds. The highest BCUT2D eigenvalue weighted by atomic mass is 19.4. The van der Waals surface area contributed by atoms with Crippen molar-refractivity contribution in [1.82, 2.24) is 0 Å². The van der Waals surface area contributed by atoms with Crippen molar-refractivity contribution < 1.29 is 13.2 Å². The van der Waals surface area contributed by atoms with Gasteiger partial charge in [-0.25, -0.2) is 0 Å². The van der Waals surface area contributed by atoms with Crippen LogP contribution in [0.4, 0.5) is 18.9 Å². The van der Waals surface area contributed by atoms with Crippen molar-refractivity contribution in [3.8, 4) is 0 Å². The largest absolute Gasteiger partial charge is 0.398 e. The third-order valence-electron chi connectivity index (χ3n) is 4.01. The van der Waals surface area contributed by atoms with Crippen molar-refractivity contribution >= 4 is 11.4 Å². The molecule has 0 radical (unpaired) electrons. The van der Waals surface area contributed by atoms with E-state index in [0.29, 0.717) is 11.4 Å². The summed E-state index contributed by atoms with van der Waals surface area (Å²) in [5.41, 5.74) is -0.0347. The lowest BCUT2D eigenvalue weighted by atomic mass is 9.74. The molecular formula is C17H14F3N. The molecule has 4 heteroatoms. The fourth-order valence-corrected chi connectivity index (χ4v) is 2.70. The van der Waals surface area contributed by atoms with Crippen LogP contribution in [0.3, 0.4) is 0 Å². The number of hydrogen-bond acceptors (Lipinski definition) is 1. The van der Waals surface area contributed by atoms with E-state index in [1.807, 2.05) is 18.2 Å². The van der Waals surface area contributed by atoms with Gasteiger partial charge in [-0.05, 0) is 24.1 Å². The van der Waals surface area contributed by atoms with Gasteiger partial charge >= 0.3 is 6.18 Å². The summed E-state index contributed by atoms with van der Waals surface area (Å²) in [4.78, 5) is 4.44. The third-order valence-corrected chi connectivity index (χ3v) is 4.01. The Bertz CT molecular complexity index is 689. The van der Waals surface area contributed by atoms with E-state index < -0.39 is 11.6 Å². The summed E-state index contributed by atoms with van der Waals surface area (Å²) in [5, 5.41) is 0. The predicted octanol–water partition coefficient (Wildman–Crippen LogP) is 5.03. The van der Waals surface area contributed by atoms with Gasteiger partial charge in [0.2, 0.25) is 0 Å². The molecule has 2 aromatic rings. The minimum Gasteiger partial charge on any atom is -0.252 e. The van der Waals surface area contributed by atoms with Crippen LogP contribution >= 0.6 is 0 Å². The summed E-state index contributed by atoms with van der Waals surface area (Å²) in [7, 11) is 0. The molecular weight excluding hydrogens is 275 g/mol. The normalized spacial score (nSPS) is 21.6. The van der Waals surface area contributed by atoms with Crippen LogP contribution < -0.4 is 0 Å². The molecule has 1 aliphatic rings. The zero-order chi connectivity index (χ0) is 15.1. The van der Waals surface area contributed by atoms with E-state index in [1.54, 1.807) is 30.3 Å². The summed E-state index contributed by atoms with van der Waals surface area (Å²) in [6.45, 7) is 1.25. The first-order valence-corrected chi connectivity index (χ1v) is 6.71. The Morgan fingerprint density at radius 2 is 1.57 bits per heavy atom. The van der Waals surface area contributed by atoms with Gasteiger partial charge in [0.05, 0.1) is 11.1 Å². The van der Waals surface area contributed by atoms with Crippen LogP contribution in [0.5, 0.6) is 0 Å². The van der Waals surface area contributed by atoms with Gasteiger partial charge in [-0.15, -0.1) is 0 Å². The average Bonchev–Trinajstić information content (AvgIpc) is 2.47. The van der Waals surface area contributed by atoms with Gasteiger partial charge in [-0.1, -0.05) is 48.5 Å². The first kappa shape index (κ1) is 13.9. The van der Waals surface area contributed by atoms with E-state index in [0.717, 1.165) is 5.56 Å². The average molecular weight is 289 g/mol. The van der Waals surface area contributed by atoms with Crippen LogP contribution in [0.15, 0.2) is 59.6 Å². The second-order valence-corrected chi connectivity index (χ2v) is 5.45. The van der Waals surface area contributed by atoms with Crippen LogP contribution in [0, 0.1) is 0 Å². The first-order valence-electron chi connectivity index (χ1n) is 6.71. The van der Waals surface area contributed by atoms with Crippen LogP contribution in [0.25, 0.3) is 0 Å². The Morgan fingerprint density at radius 1 is 0.952 bits per heavy atom.